The number of nitrogens with one attached hydrogen (secondary N) is 1. The summed E-state index contributed by atoms with van der Waals surface area (Å²) >= 11 is 0. The summed E-state index contributed by atoms with van der Waals surface area (Å²) < 4.78 is 5.08. The molecule has 1 aliphatic heterocycles. The van der Waals surface area contributed by atoms with E-state index < -0.39 is 0 Å². The molecule has 1 aliphatic rings. The number of carbonyl (C=O) groups is 1. The molecule has 0 spiro atoms. The molecule has 1 amide bonds. The van der Waals surface area contributed by atoms with Gasteiger partial charge in [0.15, 0.2) is 0 Å². The van der Waals surface area contributed by atoms with Crippen LogP contribution in [0.1, 0.15) is 24.8 Å². The van der Waals surface area contributed by atoms with E-state index in [4.69, 9.17) is 4.74 Å². The number of methoxy groups -OCH3 is 1. The summed E-state index contributed by atoms with van der Waals surface area (Å²) in [6, 6.07) is 7.49. The normalized spacial score (nSPS) is 16.2. The van der Waals surface area contributed by atoms with Gasteiger partial charge in [0.1, 0.15) is 5.75 Å². The third-order valence-electron chi connectivity index (χ3n) is 3.33. The highest BCUT2D eigenvalue weighted by Gasteiger charge is 2.12. The van der Waals surface area contributed by atoms with Crippen molar-refractivity contribution < 1.29 is 9.53 Å². The highest BCUT2D eigenvalue weighted by molar-refractivity contribution is 5.83. The van der Waals surface area contributed by atoms with Crippen LogP contribution in [0, 0.1) is 0 Å². The Hall–Kier alpha value is -1.88. The van der Waals surface area contributed by atoms with E-state index in [-0.39, 0.29) is 5.91 Å². The second-order valence-corrected chi connectivity index (χ2v) is 4.90. The van der Waals surface area contributed by atoms with Crippen LogP contribution < -0.4 is 10.2 Å². The van der Waals surface area contributed by atoms with Gasteiger partial charge in [-0.15, -0.1) is 0 Å². The van der Waals surface area contributed by atoms with E-state index in [9.17, 15) is 4.79 Å². The van der Waals surface area contributed by atoms with Crippen molar-refractivity contribution in [2.24, 2.45) is 5.10 Å². The molecule has 1 saturated heterocycles. The van der Waals surface area contributed by atoms with Crippen molar-refractivity contribution in [3.8, 4) is 5.75 Å². The number of carbonyl (C=O) groups excluding carboxylic acids is 1. The second kappa shape index (κ2) is 7.65. The predicted molar refractivity (Wildman–Crippen MR) is 79.0 cm³/mol. The number of hydrazone groups is 1. The van der Waals surface area contributed by atoms with Gasteiger partial charge in [-0.25, -0.2) is 5.43 Å². The van der Waals surface area contributed by atoms with Crippen LogP contribution >= 0.6 is 0 Å². The first-order chi connectivity index (χ1) is 9.78. The molecular formula is C15H21N3O2. The van der Waals surface area contributed by atoms with E-state index >= 15 is 0 Å². The Morgan fingerprint density at radius 3 is 2.65 bits per heavy atom. The van der Waals surface area contributed by atoms with Crippen LogP contribution in [0.25, 0.3) is 0 Å². The number of piperidine rings is 1. The van der Waals surface area contributed by atoms with E-state index in [1.807, 2.05) is 24.3 Å². The molecule has 20 heavy (non-hydrogen) atoms. The number of benzene rings is 1. The molecule has 108 valence electrons. The number of hydrogen-bond donors (Lipinski definition) is 1. The van der Waals surface area contributed by atoms with E-state index in [2.05, 4.69) is 15.4 Å². The Morgan fingerprint density at radius 2 is 2.00 bits per heavy atom. The Kier molecular flexibility index (Phi) is 5.55. The van der Waals surface area contributed by atoms with Gasteiger partial charge < -0.3 is 4.74 Å². The lowest BCUT2D eigenvalue weighted by atomic mass is 10.1. The van der Waals surface area contributed by atoms with Gasteiger partial charge in [0.05, 0.1) is 19.9 Å². The van der Waals surface area contributed by atoms with Crippen molar-refractivity contribution in [1.82, 2.24) is 10.3 Å². The van der Waals surface area contributed by atoms with Gasteiger partial charge in [0.25, 0.3) is 5.91 Å². The minimum absolute atomic E-state index is 0.0586. The minimum atomic E-state index is -0.0586. The van der Waals surface area contributed by atoms with Gasteiger partial charge in [-0.3, -0.25) is 9.69 Å². The molecule has 0 aliphatic carbocycles. The maximum Gasteiger partial charge on any atom is 0.254 e. The van der Waals surface area contributed by atoms with Crippen LogP contribution in [0.5, 0.6) is 5.75 Å². The molecule has 5 nitrogen and oxygen atoms in total. The SMILES string of the molecule is COc1ccc(/C=N\NC(=O)CN2CCCCC2)cc1. The molecule has 0 atom stereocenters. The summed E-state index contributed by atoms with van der Waals surface area (Å²) in [7, 11) is 1.63. The number of rotatable bonds is 5. The van der Waals surface area contributed by atoms with Crippen LogP contribution in [0.2, 0.25) is 0 Å². The maximum absolute atomic E-state index is 11.7. The topological polar surface area (TPSA) is 53.9 Å². The summed E-state index contributed by atoms with van der Waals surface area (Å²) in [4.78, 5) is 13.9. The zero-order valence-electron chi connectivity index (χ0n) is 11.8. The maximum atomic E-state index is 11.7. The number of amides is 1. The molecule has 1 aromatic carbocycles. The van der Waals surface area contributed by atoms with E-state index in [1.54, 1.807) is 13.3 Å². The first-order valence-corrected chi connectivity index (χ1v) is 6.96. The Labute approximate surface area is 119 Å². The highest BCUT2D eigenvalue weighted by atomic mass is 16.5. The summed E-state index contributed by atoms with van der Waals surface area (Å²) in [6.07, 6.45) is 5.27. The molecule has 5 heteroatoms. The monoisotopic (exact) mass is 275 g/mol. The highest BCUT2D eigenvalue weighted by Crippen LogP contribution is 2.09. The Balaban J connectivity index is 1.75. The molecule has 0 aromatic heterocycles. The smallest absolute Gasteiger partial charge is 0.254 e. The average Bonchev–Trinajstić information content (AvgIpc) is 2.49. The van der Waals surface area contributed by atoms with Crippen LogP contribution in [0.3, 0.4) is 0 Å². The molecular weight excluding hydrogens is 254 g/mol. The van der Waals surface area contributed by atoms with Crippen molar-refractivity contribution in [3.05, 3.63) is 29.8 Å². The Morgan fingerprint density at radius 1 is 1.30 bits per heavy atom. The third kappa shape index (κ3) is 4.66. The Bertz CT molecular complexity index is 451. The van der Waals surface area contributed by atoms with Crippen molar-refractivity contribution in [3.63, 3.8) is 0 Å². The lowest BCUT2D eigenvalue weighted by molar-refractivity contribution is -0.122. The number of ether oxygens (including phenoxy) is 1. The third-order valence-corrected chi connectivity index (χ3v) is 3.33. The van der Waals surface area contributed by atoms with Crippen molar-refractivity contribution >= 4 is 12.1 Å². The predicted octanol–water partition coefficient (Wildman–Crippen LogP) is 1.63. The van der Waals surface area contributed by atoms with Crippen LogP contribution in [0.15, 0.2) is 29.4 Å². The number of hydrogen-bond acceptors (Lipinski definition) is 4. The van der Waals surface area contributed by atoms with Gasteiger partial charge in [-0.1, -0.05) is 6.42 Å². The van der Waals surface area contributed by atoms with Crippen molar-refractivity contribution in [2.75, 3.05) is 26.7 Å². The molecule has 1 aromatic rings. The van der Waals surface area contributed by atoms with Crippen molar-refractivity contribution in [2.45, 2.75) is 19.3 Å². The fraction of sp³-hybridized carbons (Fsp3) is 0.467. The molecule has 1 N–H and O–H groups in total. The standard InChI is InChI=1S/C15H21N3O2/c1-20-14-7-5-13(6-8-14)11-16-17-15(19)12-18-9-3-2-4-10-18/h5-8,11H,2-4,9-10,12H2,1H3,(H,17,19)/b16-11-. The zero-order chi connectivity index (χ0) is 14.2. The van der Waals surface area contributed by atoms with E-state index in [0.29, 0.717) is 6.54 Å². The first kappa shape index (κ1) is 14.5. The van der Waals surface area contributed by atoms with Gasteiger partial charge in [-0.2, -0.15) is 5.10 Å². The molecule has 0 unspecified atom stereocenters. The summed E-state index contributed by atoms with van der Waals surface area (Å²) in [5.41, 5.74) is 3.49. The quantitative estimate of drug-likeness (QED) is 0.656. The zero-order valence-corrected chi connectivity index (χ0v) is 11.8. The van der Waals surface area contributed by atoms with Gasteiger partial charge in [-0.05, 0) is 55.8 Å². The minimum Gasteiger partial charge on any atom is -0.497 e. The van der Waals surface area contributed by atoms with Gasteiger partial charge >= 0.3 is 0 Å². The fourth-order valence-electron chi connectivity index (χ4n) is 2.22. The number of likely N-dealkylation sites (tertiary alicyclic amines) is 1. The molecule has 0 saturated carbocycles. The van der Waals surface area contributed by atoms with Gasteiger partial charge in [0, 0.05) is 0 Å². The average molecular weight is 275 g/mol. The summed E-state index contributed by atoms with van der Waals surface area (Å²) in [6.45, 7) is 2.45. The molecule has 2 rings (SSSR count). The summed E-state index contributed by atoms with van der Waals surface area (Å²) in [5, 5.41) is 3.97. The van der Waals surface area contributed by atoms with E-state index in [1.165, 1.54) is 19.3 Å². The molecule has 1 fully saturated rings. The molecule has 0 radical (unpaired) electrons. The van der Waals surface area contributed by atoms with Crippen LogP contribution in [-0.2, 0) is 4.79 Å². The molecule has 1 heterocycles. The fourth-order valence-corrected chi connectivity index (χ4v) is 2.22. The largest absolute Gasteiger partial charge is 0.497 e. The lowest BCUT2D eigenvalue weighted by Gasteiger charge is -2.25. The van der Waals surface area contributed by atoms with Crippen LogP contribution in [-0.4, -0.2) is 43.8 Å². The first-order valence-electron chi connectivity index (χ1n) is 6.96. The molecule has 0 bridgehead atoms. The lowest BCUT2D eigenvalue weighted by Crippen LogP contribution is -2.38. The van der Waals surface area contributed by atoms with Gasteiger partial charge in [0.2, 0.25) is 0 Å². The number of nitrogens with zero attached hydrogens (tertiary/aromatic N) is 2. The van der Waals surface area contributed by atoms with Crippen LogP contribution in [0.4, 0.5) is 0 Å². The van der Waals surface area contributed by atoms with Crippen molar-refractivity contribution in [1.29, 1.82) is 0 Å². The summed E-state index contributed by atoms with van der Waals surface area (Å²) in [5.74, 6) is 0.743. The second-order valence-electron chi connectivity index (χ2n) is 4.90. The van der Waals surface area contributed by atoms with E-state index in [0.717, 1.165) is 24.4 Å².